The van der Waals surface area contributed by atoms with E-state index >= 15 is 0 Å². The van der Waals surface area contributed by atoms with E-state index in [1.165, 1.54) is 0 Å². The van der Waals surface area contributed by atoms with E-state index in [4.69, 9.17) is 0 Å². The number of benzene rings is 1. The quantitative estimate of drug-likeness (QED) is 0.521. The smallest absolute Gasteiger partial charge is 0.272 e. The van der Waals surface area contributed by atoms with Crippen molar-refractivity contribution in [3.05, 3.63) is 46.0 Å². The fraction of sp³-hybridized carbons (Fsp3) is 0.357. The minimum atomic E-state index is -4.62. The zero-order valence-electron chi connectivity index (χ0n) is 11.3. The summed E-state index contributed by atoms with van der Waals surface area (Å²) in [7, 11) is 0. The van der Waals surface area contributed by atoms with Gasteiger partial charge in [0.05, 0.1) is 10.5 Å². The number of nitrogens with one attached hydrogen (secondary N) is 1. The van der Waals surface area contributed by atoms with Gasteiger partial charge in [-0.15, -0.1) is 0 Å². The van der Waals surface area contributed by atoms with Crippen LogP contribution >= 0.6 is 0 Å². The van der Waals surface area contributed by atoms with Gasteiger partial charge in [-0.05, 0) is 30.9 Å². The molecule has 3 rings (SSSR count). The number of anilines is 1. The molecule has 22 heavy (non-hydrogen) atoms. The largest absolute Gasteiger partial charge is 0.416 e. The number of hydrogen-bond donors (Lipinski definition) is 1. The van der Waals surface area contributed by atoms with Crippen molar-refractivity contribution >= 4 is 17.1 Å². The highest BCUT2D eigenvalue weighted by Crippen LogP contribution is 2.41. The van der Waals surface area contributed by atoms with Crippen molar-refractivity contribution in [1.29, 1.82) is 0 Å². The van der Waals surface area contributed by atoms with Gasteiger partial charge >= 0.3 is 6.18 Å². The summed E-state index contributed by atoms with van der Waals surface area (Å²) < 4.78 is 37.8. The molecule has 0 aliphatic heterocycles. The van der Waals surface area contributed by atoms with E-state index in [0.29, 0.717) is 12.0 Å². The summed E-state index contributed by atoms with van der Waals surface area (Å²) >= 11 is 0. The summed E-state index contributed by atoms with van der Waals surface area (Å²) in [6, 6.07) is 2.35. The molecule has 0 aromatic heterocycles. The van der Waals surface area contributed by atoms with Gasteiger partial charge in [0.1, 0.15) is 5.69 Å². The molecule has 2 atom stereocenters. The highest BCUT2D eigenvalue weighted by molar-refractivity contribution is 5.95. The van der Waals surface area contributed by atoms with Crippen LogP contribution < -0.4 is 5.43 Å². The molecule has 0 radical (unpaired) electrons. The van der Waals surface area contributed by atoms with E-state index in [-0.39, 0.29) is 11.6 Å². The van der Waals surface area contributed by atoms with Crippen molar-refractivity contribution in [3.8, 4) is 0 Å². The van der Waals surface area contributed by atoms with Crippen LogP contribution in [-0.2, 0) is 6.18 Å². The number of rotatable bonds is 3. The lowest BCUT2D eigenvalue weighted by molar-refractivity contribution is -0.384. The van der Waals surface area contributed by atoms with Crippen LogP contribution in [0.2, 0.25) is 0 Å². The Morgan fingerprint density at radius 3 is 2.77 bits per heavy atom. The zero-order valence-corrected chi connectivity index (χ0v) is 11.3. The summed E-state index contributed by atoms with van der Waals surface area (Å²) in [6.45, 7) is 0. The molecule has 0 spiro atoms. The molecule has 1 aromatic carbocycles. The number of nitro benzene ring substituents is 1. The lowest BCUT2D eigenvalue weighted by Gasteiger charge is -2.31. The molecule has 1 N–H and O–H groups in total. The molecule has 2 unspecified atom stereocenters. The predicted octanol–water partition coefficient (Wildman–Crippen LogP) is 3.98. The van der Waals surface area contributed by atoms with Gasteiger partial charge in [0.2, 0.25) is 0 Å². The summed E-state index contributed by atoms with van der Waals surface area (Å²) in [5.41, 5.74) is 1.66. The van der Waals surface area contributed by atoms with Crippen molar-refractivity contribution in [3.63, 3.8) is 0 Å². The van der Waals surface area contributed by atoms with Crippen molar-refractivity contribution in [2.24, 2.45) is 16.9 Å². The van der Waals surface area contributed by atoms with Gasteiger partial charge in [-0.1, -0.05) is 12.2 Å². The van der Waals surface area contributed by atoms with Gasteiger partial charge in [0.25, 0.3) is 5.69 Å². The fourth-order valence-corrected chi connectivity index (χ4v) is 2.75. The molecule has 2 aliphatic carbocycles. The first-order valence-corrected chi connectivity index (χ1v) is 6.71. The Bertz CT molecular complexity index is 682. The average Bonchev–Trinajstić information content (AvgIpc) is 2.79. The van der Waals surface area contributed by atoms with Crippen molar-refractivity contribution in [2.45, 2.75) is 19.0 Å². The number of halogens is 3. The molecule has 8 heteroatoms. The van der Waals surface area contributed by atoms with E-state index in [0.717, 1.165) is 30.7 Å². The Kier molecular flexibility index (Phi) is 3.38. The lowest BCUT2D eigenvalue weighted by atomic mass is 9.74. The van der Waals surface area contributed by atoms with Crippen molar-refractivity contribution < 1.29 is 18.1 Å². The Hall–Kier alpha value is -2.38. The third-order valence-corrected chi connectivity index (χ3v) is 3.99. The van der Waals surface area contributed by atoms with Crippen LogP contribution in [0.15, 0.2) is 35.5 Å². The van der Waals surface area contributed by atoms with Crippen LogP contribution in [0.25, 0.3) is 0 Å². The molecule has 0 heterocycles. The Morgan fingerprint density at radius 2 is 2.14 bits per heavy atom. The molecule has 1 fully saturated rings. The second-order valence-electron chi connectivity index (χ2n) is 5.36. The van der Waals surface area contributed by atoms with Crippen LogP contribution in [-0.4, -0.2) is 10.6 Å². The Morgan fingerprint density at radius 1 is 1.36 bits per heavy atom. The number of hydrogen-bond acceptors (Lipinski definition) is 4. The number of nitro groups is 1. The topological polar surface area (TPSA) is 67.5 Å². The summed E-state index contributed by atoms with van der Waals surface area (Å²) in [5, 5.41) is 15.1. The summed E-state index contributed by atoms with van der Waals surface area (Å²) in [6.07, 6.45) is 1.29. The first-order chi connectivity index (χ1) is 10.4. The van der Waals surface area contributed by atoms with Gasteiger partial charge < -0.3 is 0 Å². The number of alkyl halides is 3. The van der Waals surface area contributed by atoms with E-state index in [2.05, 4.69) is 16.6 Å². The van der Waals surface area contributed by atoms with Gasteiger partial charge in [-0.25, -0.2) is 0 Å². The van der Waals surface area contributed by atoms with Crippen LogP contribution in [0.4, 0.5) is 24.5 Å². The zero-order chi connectivity index (χ0) is 15.9. The van der Waals surface area contributed by atoms with E-state index in [1.807, 2.05) is 6.08 Å². The molecule has 2 aliphatic rings. The fourth-order valence-electron chi connectivity index (χ4n) is 2.75. The number of hydrazone groups is 1. The Labute approximate surface area is 123 Å². The molecule has 1 aromatic rings. The van der Waals surface area contributed by atoms with E-state index in [1.54, 1.807) is 0 Å². The lowest BCUT2D eigenvalue weighted by Crippen LogP contribution is -2.33. The maximum Gasteiger partial charge on any atom is 0.416 e. The van der Waals surface area contributed by atoms with Crippen LogP contribution in [0, 0.1) is 22.0 Å². The van der Waals surface area contributed by atoms with Gasteiger partial charge in [0, 0.05) is 17.7 Å². The van der Waals surface area contributed by atoms with E-state index in [9.17, 15) is 23.3 Å². The van der Waals surface area contributed by atoms with Gasteiger partial charge in [-0.2, -0.15) is 18.3 Å². The maximum absolute atomic E-state index is 12.6. The molecular formula is C14H12F3N3O2. The number of nitrogens with zero attached hydrogens (tertiary/aromatic N) is 2. The molecular weight excluding hydrogens is 299 g/mol. The predicted molar refractivity (Wildman–Crippen MR) is 74.5 cm³/mol. The average molecular weight is 311 g/mol. The molecule has 0 amide bonds. The standard InChI is InChI=1S/C14H12F3N3O2/c15-14(16,17)9-4-5-11(13(7-9)20(21)22)18-19-12-6-8-2-1-3-10(8)12/h1,3-5,7-8,10,18H,2,6H2. The summed E-state index contributed by atoms with van der Waals surface area (Å²) in [4.78, 5) is 10.1. The minimum Gasteiger partial charge on any atom is -0.272 e. The SMILES string of the molecule is O=[N+]([O-])c1cc(C(F)(F)F)ccc1NN=C1CC2CC=CC12. The molecule has 1 saturated carbocycles. The van der Waals surface area contributed by atoms with Gasteiger partial charge in [0.15, 0.2) is 0 Å². The third kappa shape index (κ3) is 2.56. The Balaban J connectivity index is 1.83. The number of fused-ring (bicyclic) bond motifs is 1. The number of allylic oxidation sites excluding steroid dienone is 2. The first kappa shape index (κ1) is 14.6. The van der Waals surface area contributed by atoms with Crippen molar-refractivity contribution in [1.82, 2.24) is 0 Å². The van der Waals surface area contributed by atoms with Crippen LogP contribution in [0.5, 0.6) is 0 Å². The first-order valence-electron chi connectivity index (χ1n) is 6.71. The highest BCUT2D eigenvalue weighted by Gasteiger charge is 2.38. The normalized spacial score (nSPS) is 25.0. The molecule has 5 nitrogen and oxygen atoms in total. The van der Waals surface area contributed by atoms with Crippen LogP contribution in [0.1, 0.15) is 18.4 Å². The second-order valence-corrected chi connectivity index (χ2v) is 5.36. The molecule has 0 saturated heterocycles. The summed E-state index contributed by atoms with van der Waals surface area (Å²) in [5.74, 6) is 0.796. The molecule has 0 bridgehead atoms. The minimum absolute atomic E-state index is 0.0454. The molecule has 116 valence electrons. The van der Waals surface area contributed by atoms with E-state index < -0.39 is 22.4 Å². The van der Waals surface area contributed by atoms with Crippen molar-refractivity contribution in [2.75, 3.05) is 5.43 Å². The second kappa shape index (κ2) is 5.11. The van der Waals surface area contributed by atoms with Crippen LogP contribution in [0.3, 0.4) is 0 Å². The van der Waals surface area contributed by atoms with Gasteiger partial charge in [-0.3, -0.25) is 15.5 Å². The monoisotopic (exact) mass is 311 g/mol. The highest BCUT2D eigenvalue weighted by atomic mass is 19.4. The maximum atomic E-state index is 12.6. The third-order valence-electron chi connectivity index (χ3n) is 3.99.